The zero-order chi connectivity index (χ0) is 15.4. The lowest BCUT2D eigenvalue weighted by molar-refractivity contribution is 0.432. The number of halogens is 4. The van der Waals surface area contributed by atoms with Crippen molar-refractivity contribution in [3.63, 3.8) is 0 Å². The predicted octanol–water partition coefficient (Wildman–Crippen LogP) is 2.34. The smallest absolute Gasteiger partial charge is 0.196 e. The van der Waals surface area contributed by atoms with Crippen LogP contribution in [0.1, 0.15) is 17.0 Å². The summed E-state index contributed by atoms with van der Waals surface area (Å²) in [6, 6.07) is 4.53. The number of benzene rings is 1. The minimum absolute atomic E-state index is 1.09. The molecular formula is C12HF4N4+. The van der Waals surface area contributed by atoms with Crippen molar-refractivity contribution in [1.29, 1.82) is 21.0 Å². The fourth-order valence-electron chi connectivity index (χ4n) is 1.42. The van der Waals surface area contributed by atoms with Crippen LogP contribution in [0.4, 0.5) is 17.6 Å². The second-order valence-corrected chi connectivity index (χ2v) is 3.33. The van der Waals surface area contributed by atoms with Crippen LogP contribution in [0.3, 0.4) is 0 Å². The Morgan fingerprint density at radius 1 is 0.750 bits per heavy atom. The summed E-state index contributed by atoms with van der Waals surface area (Å²) in [6.07, 6.45) is 0. The molecule has 1 aromatic rings. The van der Waals surface area contributed by atoms with Crippen molar-refractivity contribution in [2.75, 3.05) is 0 Å². The van der Waals surface area contributed by atoms with Gasteiger partial charge in [-0.3, -0.25) is 0 Å². The largest absolute Gasteiger partial charge is 0.281 e. The molecule has 0 saturated heterocycles. The number of hydrogen-bond acceptors (Lipinski definition) is 4. The van der Waals surface area contributed by atoms with Gasteiger partial charge in [-0.2, -0.15) is 29.8 Å². The first-order valence-electron chi connectivity index (χ1n) is 4.77. The van der Waals surface area contributed by atoms with Gasteiger partial charge in [0.1, 0.15) is 0 Å². The molecule has 8 heteroatoms. The van der Waals surface area contributed by atoms with Crippen LogP contribution in [0, 0.1) is 74.5 Å². The summed E-state index contributed by atoms with van der Waals surface area (Å²) in [5.74, 6) is -11.2. The van der Waals surface area contributed by atoms with Crippen molar-refractivity contribution >= 4 is 0 Å². The Labute approximate surface area is 110 Å². The van der Waals surface area contributed by atoms with Gasteiger partial charge in [0.15, 0.2) is 18.1 Å². The molecule has 96 valence electrons. The molecule has 0 bridgehead atoms. The van der Waals surface area contributed by atoms with Crippen molar-refractivity contribution in [3.05, 3.63) is 40.3 Å². The maximum absolute atomic E-state index is 13.6. The van der Waals surface area contributed by atoms with Crippen LogP contribution in [0.15, 0.2) is 0 Å². The van der Waals surface area contributed by atoms with Crippen LogP contribution in [-0.2, 0) is 0 Å². The topological polar surface area (TPSA) is 95.2 Å². The van der Waals surface area contributed by atoms with Crippen molar-refractivity contribution in [2.24, 2.45) is 0 Å². The molecule has 4 nitrogen and oxygen atoms in total. The van der Waals surface area contributed by atoms with Gasteiger partial charge >= 0.3 is 0 Å². The first-order chi connectivity index (χ1) is 9.44. The Morgan fingerprint density at radius 2 is 1.15 bits per heavy atom. The molecule has 0 aromatic heterocycles. The summed E-state index contributed by atoms with van der Waals surface area (Å²) in [4.78, 5) is 0. The highest BCUT2D eigenvalue weighted by molar-refractivity contribution is 5.52. The van der Waals surface area contributed by atoms with Gasteiger partial charge in [-0.15, -0.1) is 8.78 Å². The molecule has 0 aliphatic carbocycles. The normalized spacial score (nSPS) is 9.25. The quantitative estimate of drug-likeness (QED) is 0.471. The fraction of sp³-hybridized carbons (Fsp3) is 0.0833. The van der Waals surface area contributed by atoms with Crippen LogP contribution in [-0.4, -0.2) is 0 Å². The molecule has 0 fully saturated rings. The molecular weight excluding hydrogens is 276 g/mol. The van der Waals surface area contributed by atoms with Crippen molar-refractivity contribution in [2.45, 2.75) is 5.92 Å². The van der Waals surface area contributed by atoms with Crippen LogP contribution in [0.2, 0.25) is 0 Å². The molecule has 1 aromatic carbocycles. The zero-order valence-electron chi connectivity index (χ0n) is 9.38. The molecule has 0 radical (unpaired) electrons. The lowest BCUT2D eigenvalue weighted by Crippen LogP contribution is -2.13. The third kappa shape index (κ3) is 2.07. The summed E-state index contributed by atoms with van der Waals surface area (Å²) >= 11 is 0. The average Bonchev–Trinajstić information content (AvgIpc) is 2.46. The molecule has 0 aliphatic heterocycles. The third-order valence-corrected chi connectivity index (χ3v) is 2.32. The number of hydrogen-bond donors (Lipinski definition) is 0. The molecule has 0 heterocycles. The molecule has 0 N–H and O–H groups in total. The highest BCUT2D eigenvalue weighted by Gasteiger charge is 2.41. The Morgan fingerprint density at radius 3 is 1.45 bits per heavy atom. The summed E-state index contributed by atoms with van der Waals surface area (Å²) in [5, 5.41) is 34.0. The molecule has 20 heavy (non-hydrogen) atoms. The van der Waals surface area contributed by atoms with E-state index < -0.39 is 46.2 Å². The maximum Gasteiger partial charge on any atom is 0.281 e. The van der Waals surface area contributed by atoms with E-state index in [-0.39, 0.29) is 0 Å². The second-order valence-electron chi connectivity index (χ2n) is 3.33. The first-order valence-corrected chi connectivity index (χ1v) is 4.77. The first kappa shape index (κ1) is 14.8. The molecule has 0 aliphatic rings. The zero-order valence-corrected chi connectivity index (χ0v) is 9.38. The van der Waals surface area contributed by atoms with Gasteiger partial charge in [0.25, 0.3) is 11.6 Å². The lowest BCUT2D eigenvalue weighted by atomic mass is 9.93. The van der Waals surface area contributed by atoms with Gasteiger partial charge in [0.2, 0.25) is 23.1 Å². The van der Waals surface area contributed by atoms with Gasteiger partial charge in [-0.25, -0.2) is 0 Å². The van der Waals surface area contributed by atoms with E-state index in [2.05, 4.69) is 0 Å². The second kappa shape index (κ2) is 5.61. The van der Waals surface area contributed by atoms with Crippen molar-refractivity contribution in [1.82, 2.24) is 0 Å². The molecule has 0 amide bonds. The highest BCUT2D eigenvalue weighted by Crippen LogP contribution is 2.32. The third-order valence-electron chi connectivity index (χ3n) is 2.32. The lowest BCUT2D eigenvalue weighted by Gasteiger charge is -2.05. The summed E-state index contributed by atoms with van der Waals surface area (Å²) < 4.78 is 54.6. The van der Waals surface area contributed by atoms with Crippen LogP contribution in [0.5, 0.6) is 0 Å². The van der Waals surface area contributed by atoms with Gasteiger partial charge in [0.05, 0.1) is 17.7 Å². The molecule has 0 atom stereocenters. The van der Waals surface area contributed by atoms with Gasteiger partial charge in [0, 0.05) is 0 Å². The van der Waals surface area contributed by atoms with E-state index in [0.29, 0.717) is 0 Å². The summed E-state index contributed by atoms with van der Waals surface area (Å²) in [7, 11) is 0. The maximum atomic E-state index is 13.6. The SMILES string of the molecule is N#C[C+](C#N)c1c(F)c(F)c(C(C#N)C#N)c(F)c1F. The molecule has 0 spiro atoms. The van der Waals surface area contributed by atoms with E-state index in [1.54, 1.807) is 0 Å². The number of nitriles is 4. The van der Waals surface area contributed by atoms with Crippen LogP contribution >= 0.6 is 0 Å². The minimum Gasteiger partial charge on any atom is -0.196 e. The Kier molecular flexibility index (Phi) is 4.16. The molecule has 0 saturated carbocycles. The van der Waals surface area contributed by atoms with Crippen LogP contribution < -0.4 is 0 Å². The monoisotopic (exact) mass is 277 g/mol. The van der Waals surface area contributed by atoms with E-state index in [4.69, 9.17) is 21.0 Å². The van der Waals surface area contributed by atoms with E-state index in [1.807, 2.05) is 0 Å². The van der Waals surface area contributed by atoms with E-state index in [0.717, 1.165) is 12.1 Å². The Balaban J connectivity index is 3.79. The van der Waals surface area contributed by atoms with Crippen molar-refractivity contribution < 1.29 is 17.6 Å². The van der Waals surface area contributed by atoms with Gasteiger partial charge < -0.3 is 0 Å². The summed E-state index contributed by atoms with van der Waals surface area (Å²) in [5.41, 5.74) is -2.87. The number of rotatable bonds is 2. The average molecular weight is 277 g/mol. The van der Waals surface area contributed by atoms with E-state index >= 15 is 0 Å². The Bertz CT molecular complexity index is 610. The minimum atomic E-state index is -2.07. The van der Waals surface area contributed by atoms with Gasteiger partial charge in [-0.05, 0) is 0 Å². The predicted molar refractivity (Wildman–Crippen MR) is 53.8 cm³/mol. The highest BCUT2D eigenvalue weighted by atomic mass is 19.2. The van der Waals surface area contributed by atoms with Crippen molar-refractivity contribution in [3.8, 4) is 24.3 Å². The van der Waals surface area contributed by atoms with E-state index in [9.17, 15) is 17.6 Å². The standard InChI is InChI=1S/C12HF4N4/c13-9-7(5(1-17)2-18)10(14)12(16)8(11(9)15)6(3-19)4-20/h5H/q+1. The Hall–Kier alpha value is -3.23. The van der Waals surface area contributed by atoms with Crippen LogP contribution in [0.25, 0.3) is 0 Å². The summed E-state index contributed by atoms with van der Waals surface area (Å²) in [6.45, 7) is 0. The fourth-order valence-corrected chi connectivity index (χ4v) is 1.42. The van der Waals surface area contributed by atoms with E-state index in [1.165, 1.54) is 12.1 Å². The molecule has 0 unspecified atom stereocenters. The number of nitrogens with zero attached hydrogens (tertiary/aromatic N) is 4. The molecule has 1 rings (SSSR count). The van der Waals surface area contributed by atoms with Gasteiger partial charge in [-0.1, -0.05) is 0 Å².